The van der Waals surface area contributed by atoms with E-state index in [1.807, 2.05) is 27.7 Å². The van der Waals surface area contributed by atoms with Gasteiger partial charge >= 0.3 is 13.3 Å². The molecule has 0 N–H and O–H groups in total. The monoisotopic (exact) mass is 252 g/mol. The van der Waals surface area contributed by atoms with Crippen molar-refractivity contribution in [2.75, 3.05) is 0 Å². The highest BCUT2D eigenvalue weighted by molar-refractivity contribution is 6.45. The summed E-state index contributed by atoms with van der Waals surface area (Å²) in [6.07, 6.45) is -3.67. The van der Waals surface area contributed by atoms with Crippen LogP contribution in [0.2, 0.25) is 6.32 Å². The van der Waals surface area contributed by atoms with Crippen LogP contribution in [0.15, 0.2) is 0 Å². The molecule has 2 nitrogen and oxygen atoms in total. The van der Waals surface area contributed by atoms with E-state index in [1.165, 1.54) is 0 Å². The first-order chi connectivity index (χ1) is 7.54. The Hall–Kier alpha value is -0.225. The summed E-state index contributed by atoms with van der Waals surface area (Å²) >= 11 is 0. The lowest BCUT2D eigenvalue weighted by molar-refractivity contribution is -0.135. The van der Waals surface area contributed by atoms with Crippen LogP contribution in [-0.2, 0) is 9.31 Å². The van der Waals surface area contributed by atoms with E-state index in [2.05, 4.69) is 0 Å². The van der Waals surface area contributed by atoms with Gasteiger partial charge in [0.2, 0.25) is 0 Å². The summed E-state index contributed by atoms with van der Waals surface area (Å²) in [6, 6.07) is 0. The molecule has 0 aromatic heterocycles. The third kappa shape index (κ3) is 4.18. The molecule has 1 saturated heterocycles. The van der Waals surface area contributed by atoms with Crippen molar-refractivity contribution in [1.29, 1.82) is 0 Å². The molecule has 0 saturated carbocycles. The fourth-order valence-electron chi connectivity index (χ4n) is 1.72. The number of halogens is 3. The van der Waals surface area contributed by atoms with Crippen LogP contribution in [0.3, 0.4) is 0 Å². The van der Waals surface area contributed by atoms with Crippen LogP contribution < -0.4 is 0 Å². The van der Waals surface area contributed by atoms with Gasteiger partial charge in [-0.05, 0) is 40.4 Å². The Kier molecular flexibility index (Phi) is 4.19. The molecule has 0 atom stereocenters. The normalized spacial score (nSPS) is 23.1. The van der Waals surface area contributed by atoms with E-state index in [0.717, 1.165) is 0 Å². The minimum Gasteiger partial charge on any atom is -0.403 e. The molecule has 17 heavy (non-hydrogen) atoms. The Labute approximate surface area is 101 Å². The zero-order chi connectivity index (χ0) is 13.3. The van der Waals surface area contributed by atoms with Crippen molar-refractivity contribution in [2.24, 2.45) is 0 Å². The van der Waals surface area contributed by atoms with Gasteiger partial charge in [0.05, 0.1) is 11.2 Å². The van der Waals surface area contributed by atoms with Crippen LogP contribution in [0.4, 0.5) is 13.2 Å². The van der Waals surface area contributed by atoms with Crippen LogP contribution in [0.5, 0.6) is 0 Å². The Balaban J connectivity index is 2.27. The molecule has 0 spiro atoms. The van der Waals surface area contributed by atoms with E-state index in [9.17, 15) is 13.2 Å². The van der Waals surface area contributed by atoms with Crippen molar-refractivity contribution in [1.82, 2.24) is 0 Å². The van der Waals surface area contributed by atoms with E-state index in [4.69, 9.17) is 9.31 Å². The molecule has 1 fully saturated rings. The predicted molar refractivity (Wildman–Crippen MR) is 60.8 cm³/mol. The first-order valence-corrected chi connectivity index (χ1v) is 5.96. The molecule has 1 rings (SSSR count). The number of rotatable bonds is 4. The van der Waals surface area contributed by atoms with Crippen LogP contribution in [0, 0.1) is 0 Å². The van der Waals surface area contributed by atoms with Gasteiger partial charge < -0.3 is 9.31 Å². The van der Waals surface area contributed by atoms with Crippen molar-refractivity contribution >= 4 is 7.12 Å². The molecular weight excluding hydrogens is 232 g/mol. The SMILES string of the molecule is CC1(C)OB(CCCCC(F)(F)F)OC1(C)C. The van der Waals surface area contributed by atoms with E-state index >= 15 is 0 Å². The maximum Gasteiger partial charge on any atom is 0.457 e. The molecule has 0 radical (unpaired) electrons. The molecule has 1 heterocycles. The largest absolute Gasteiger partial charge is 0.457 e. The second-order valence-electron chi connectivity index (χ2n) is 5.55. The molecule has 6 heteroatoms. The average Bonchev–Trinajstić information content (AvgIpc) is 2.28. The Bertz CT molecular complexity index is 248. The molecular formula is C11H20BF3O2. The second-order valence-corrected chi connectivity index (χ2v) is 5.55. The lowest BCUT2D eigenvalue weighted by Crippen LogP contribution is -2.41. The first kappa shape index (κ1) is 14.8. The van der Waals surface area contributed by atoms with Gasteiger partial charge in [-0.25, -0.2) is 0 Å². The molecule has 1 aliphatic heterocycles. The van der Waals surface area contributed by atoms with E-state index in [0.29, 0.717) is 12.7 Å². The standard InChI is InChI=1S/C11H20BF3O2/c1-9(2)10(3,4)17-12(16-9)8-6-5-7-11(13,14)15/h5-8H2,1-4H3. The summed E-state index contributed by atoms with van der Waals surface area (Å²) in [5, 5.41) is 0. The fourth-order valence-corrected chi connectivity index (χ4v) is 1.72. The second kappa shape index (κ2) is 4.80. The minimum absolute atomic E-state index is 0.133. The van der Waals surface area contributed by atoms with Crippen molar-refractivity contribution in [3.05, 3.63) is 0 Å². The summed E-state index contributed by atoms with van der Waals surface area (Å²) in [4.78, 5) is 0. The van der Waals surface area contributed by atoms with Gasteiger partial charge in [-0.2, -0.15) is 13.2 Å². The van der Waals surface area contributed by atoms with Crippen LogP contribution >= 0.6 is 0 Å². The van der Waals surface area contributed by atoms with Gasteiger partial charge in [0, 0.05) is 6.42 Å². The smallest absolute Gasteiger partial charge is 0.403 e. The Morgan fingerprint density at radius 1 is 0.941 bits per heavy atom. The molecule has 0 aliphatic carbocycles. The predicted octanol–water partition coefficient (Wildman–Crippen LogP) is 3.81. The van der Waals surface area contributed by atoms with Gasteiger partial charge in [-0.3, -0.25) is 0 Å². The summed E-state index contributed by atoms with van der Waals surface area (Å²) in [7, 11) is -0.381. The van der Waals surface area contributed by atoms with Gasteiger partial charge in [0.25, 0.3) is 0 Å². The topological polar surface area (TPSA) is 18.5 Å². The van der Waals surface area contributed by atoms with Gasteiger partial charge in [-0.15, -0.1) is 0 Å². The summed E-state index contributed by atoms with van der Waals surface area (Å²) < 4.78 is 47.2. The molecule has 100 valence electrons. The number of unbranched alkanes of at least 4 members (excludes halogenated alkanes) is 1. The van der Waals surface area contributed by atoms with Crippen molar-refractivity contribution < 1.29 is 22.5 Å². The quantitative estimate of drug-likeness (QED) is 0.559. The minimum atomic E-state index is -4.06. The number of hydrogen-bond donors (Lipinski definition) is 0. The van der Waals surface area contributed by atoms with E-state index in [1.54, 1.807) is 0 Å². The summed E-state index contributed by atoms with van der Waals surface area (Å²) in [6.45, 7) is 7.73. The Morgan fingerprint density at radius 2 is 1.41 bits per heavy atom. The summed E-state index contributed by atoms with van der Waals surface area (Å²) in [5.74, 6) is 0. The lowest BCUT2D eigenvalue weighted by Gasteiger charge is -2.32. The van der Waals surface area contributed by atoms with Crippen LogP contribution in [0.25, 0.3) is 0 Å². The maximum atomic E-state index is 11.9. The third-order valence-electron chi connectivity index (χ3n) is 3.45. The third-order valence-corrected chi connectivity index (χ3v) is 3.45. The highest BCUT2D eigenvalue weighted by Gasteiger charge is 2.50. The van der Waals surface area contributed by atoms with Gasteiger partial charge in [-0.1, -0.05) is 6.42 Å². The van der Waals surface area contributed by atoms with Gasteiger partial charge in [0.15, 0.2) is 0 Å². The Morgan fingerprint density at radius 3 is 1.82 bits per heavy atom. The fraction of sp³-hybridized carbons (Fsp3) is 1.00. The molecule has 0 aromatic rings. The molecule has 0 amide bonds. The number of hydrogen-bond acceptors (Lipinski definition) is 2. The highest BCUT2D eigenvalue weighted by atomic mass is 19.4. The molecule has 0 bridgehead atoms. The molecule has 0 aromatic carbocycles. The zero-order valence-corrected chi connectivity index (χ0v) is 10.9. The number of alkyl halides is 3. The van der Waals surface area contributed by atoms with Crippen LogP contribution in [-0.4, -0.2) is 24.5 Å². The average molecular weight is 252 g/mol. The molecule has 0 unspecified atom stereocenters. The van der Waals surface area contributed by atoms with Crippen molar-refractivity contribution in [3.63, 3.8) is 0 Å². The van der Waals surface area contributed by atoms with E-state index < -0.39 is 23.8 Å². The highest BCUT2D eigenvalue weighted by Crippen LogP contribution is 2.38. The first-order valence-electron chi connectivity index (χ1n) is 5.96. The molecule has 1 aliphatic rings. The van der Waals surface area contributed by atoms with E-state index in [-0.39, 0.29) is 13.5 Å². The maximum absolute atomic E-state index is 11.9. The van der Waals surface area contributed by atoms with Crippen molar-refractivity contribution in [2.45, 2.75) is 70.7 Å². The summed E-state index contributed by atoms with van der Waals surface area (Å²) in [5.41, 5.74) is -0.802. The zero-order valence-electron chi connectivity index (χ0n) is 10.9. The van der Waals surface area contributed by atoms with Crippen molar-refractivity contribution in [3.8, 4) is 0 Å². The van der Waals surface area contributed by atoms with Crippen LogP contribution in [0.1, 0.15) is 47.0 Å². The lowest BCUT2D eigenvalue weighted by atomic mass is 9.82. The van der Waals surface area contributed by atoms with Gasteiger partial charge in [0.1, 0.15) is 0 Å².